The lowest BCUT2D eigenvalue weighted by Gasteiger charge is -2.13. The summed E-state index contributed by atoms with van der Waals surface area (Å²) in [6.07, 6.45) is 0. The molecule has 1 amide bonds. The van der Waals surface area contributed by atoms with Crippen LogP contribution in [0.15, 0.2) is 72.8 Å². The van der Waals surface area contributed by atoms with E-state index in [1.165, 1.54) is 12.1 Å². The average Bonchev–Trinajstić information content (AvgIpc) is 2.64. The van der Waals surface area contributed by atoms with E-state index >= 15 is 0 Å². The molecule has 0 aliphatic rings. The molecule has 4 N–H and O–H groups in total. The molecule has 1 unspecified atom stereocenters. The van der Waals surface area contributed by atoms with Crippen LogP contribution in [0.3, 0.4) is 0 Å². The van der Waals surface area contributed by atoms with E-state index in [2.05, 4.69) is 0 Å². The molecule has 0 fully saturated rings. The Labute approximate surface area is 144 Å². The van der Waals surface area contributed by atoms with Gasteiger partial charge in [-0.1, -0.05) is 42.5 Å². The van der Waals surface area contributed by atoms with Gasteiger partial charge in [0.25, 0.3) is 0 Å². The Balaban J connectivity index is 1.76. The van der Waals surface area contributed by atoms with Crippen LogP contribution in [0.4, 0.5) is 4.39 Å². The summed E-state index contributed by atoms with van der Waals surface area (Å²) >= 11 is 0. The first kappa shape index (κ1) is 16.7. The lowest BCUT2D eigenvalue weighted by atomic mass is 10.00. The smallest absolute Gasteiger partial charge is 0.248 e. The summed E-state index contributed by atoms with van der Waals surface area (Å²) in [7, 11) is 0. The number of hydrogen-bond acceptors (Lipinski definition) is 3. The highest BCUT2D eigenvalue weighted by atomic mass is 19.1. The Bertz CT molecular complexity index is 880. The fourth-order valence-electron chi connectivity index (χ4n) is 2.46. The van der Waals surface area contributed by atoms with E-state index in [1.54, 1.807) is 12.1 Å². The van der Waals surface area contributed by atoms with Gasteiger partial charge in [-0.15, -0.1) is 0 Å². The van der Waals surface area contributed by atoms with Gasteiger partial charge in [0.15, 0.2) is 11.6 Å². The lowest BCUT2D eigenvalue weighted by molar-refractivity contribution is 0.1000. The molecule has 3 aromatic rings. The molecule has 0 saturated heterocycles. The molecule has 1 atom stereocenters. The van der Waals surface area contributed by atoms with Crippen LogP contribution in [0.5, 0.6) is 11.5 Å². The maximum Gasteiger partial charge on any atom is 0.248 e. The SMILES string of the molecule is NC(=O)c1ccc(Oc2ccc(C(N)c3ccccc3)cc2)c(F)c1. The number of amides is 1. The summed E-state index contributed by atoms with van der Waals surface area (Å²) < 4.78 is 19.5. The van der Waals surface area contributed by atoms with Gasteiger partial charge in [0.05, 0.1) is 6.04 Å². The molecular weight excluding hydrogens is 319 g/mol. The van der Waals surface area contributed by atoms with Crippen molar-refractivity contribution in [3.05, 3.63) is 95.3 Å². The number of rotatable bonds is 5. The van der Waals surface area contributed by atoms with E-state index in [1.807, 2.05) is 42.5 Å². The quantitative estimate of drug-likeness (QED) is 0.744. The molecule has 0 aromatic heterocycles. The van der Waals surface area contributed by atoms with E-state index in [-0.39, 0.29) is 17.4 Å². The van der Waals surface area contributed by atoms with E-state index < -0.39 is 11.7 Å². The van der Waals surface area contributed by atoms with Crippen LogP contribution in [0.2, 0.25) is 0 Å². The van der Waals surface area contributed by atoms with Gasteiger partial charge in [0.1, 0.15) is 5.75 Å². The first-order chi connectivity index (χ1) is 12.0. The number of nitrogens with two attached hydrogens (primary N) is 2. The van der Waals surface area contributed by atoms with E-state index in [4.69, 9.17) is 16.2 Å². The number of carbonyl (C=O) groups excluding carboxylic acids is 1. The number of carbonyl (C=O) groups is 1. The molecule has 0 bridgehead atoms. The van der Waals surface area contributed by atoms with Crippen molar-refractivity contribution < 1.29 is 13.9 Å². The average molecular weight is 336 g/mol. The Morgan fingerprint density at radius 3 is 2.16 bits per heavy atom. The van der Waals surface area contributed by atoms with Crippen molar-refractivity contribution in [2.24, 2.45) is 11.5 Å². The van der Waals surface area contributed by atoms with Crippen molar-refractivity contribution in [1.29, 1.82) is 0 Å². The van der Waals surface area contributed by atoms with Crippen LogP contribution < -0.4 is 16.2 Å². The van der Waals surface area contributed by atoms with Crippen molar-refractivity contribution in [2.75, 3.05) is 0 Å². The zero-order valence-corrected chi connectivity index (χ0v) is 13.4. The monoisotopic (exact) mass is 336 g/mol. The molecule has 0 saturated carbocycles. The third-order valence-corrected chi connectivity index (χ3v) is 3.84. The van der Waals surface area contributed by atoms with Gasteiger partial charge < -0.3 is 16.2 Å². The van der Waals surface area contributed by atoms with Crippen LogP contribution in [-0.2, 0) is 0 Å². The van der Waals surface area contributed by atoms with Crippen molar-refractivity contribution in [3.63, 3.8) is 0 Å². The summed E-state index contributed by atoms with van der Waals surface area (Å²) in [6.45, 7) is 0. The van der Waals surface area contributed by atoms with Crippen LogP contribution in [-0.4, -0.2) is 5.91 Å². The summed E-state index contributed by atoms with van der Waals surface area (Å²) in [5.41, 5.74) is 13.4. The molecule has 0 aliphatic heterocycles. The molecule has 5 heteroatoms. The van der Waals surface area contributed by atoms with Crippen molar-refractivity contribution in [2.45, 2.75) is 6.04 Å². The Kier molecular flexibility index (Phi) is 4.77. The fraction of sp³-hybridized carbons (Fsp3) is 0.0500. The number of primary amides is 1. The summed E-state index contributed by atoms with van der Waals surface area (Å²) in [6, 6.07) is 20.4. The second kappa shape index (κ2) is 7.15. The second-order valence-corrected chi connectivity index (χ2v) is 5.57. The van der Waals surface area contributed by atoms with E-state index in [0.29, 0.717) is 5.75 Å². The highest BCUT2D eigenvalue weighted by Gasteiger charge is 2.11. The third kappa shape index (κ3) is 3.84. The van der Waals surface area contributed by atoms with Gasteiger partial charge in [-0.3, -0.25) is 4.79 Å². The Morgan fingerprint density at radius 2 is 1.56 bits per heavy atom. The molecule has 25 heavy (non-hydrogen) atoms. The predicted octanol–water partition coefficient (Wildman–Crippen LogP) is 3.77. The zero-order valence-electron chi connectivity index (χ0n) is 13.4. The number of ether oxygens (including phenoxy) is 1. The maximum absolute atomic E-state index is 14.0. The topological polar surface area (TPSA) is 78.3 Å². The van der Waals surface area contributed by atoms with Gasteiger partial charge in [-0.05, 0) is 41.5 Å². The maximum atomic E-state index is 14.0. The van der Waals surface area contributed by atoms with Crippen LogP contribution in [0, 0.1) is 5.82 Å². The molecule has 0 heterocycles. The summed E-state index contributed by atoms with van der Waals surface area (Å²) in [5, 5.41) is 0. The van der Waals surface area contributed by atoms with Crippen molar-refractivity contribution >= 4 is 5.91 Å². The van der Waals surface area contributed by atoms with Crippen LogP contribution in [0.1, 0.15) is 27.5 Å². The summed E-state index contributed by atoms with van der Waals surface area (Å²) in [4.78, 5) is 11.0. The van der Waals surface area contributed by atoms with Gasteiger partial charge in [0.2, 0.25) is 5.91 Å². The van der Waals surface area contributed by atoms with Gasteiger partial charge in [-0.25, -0.2) is 4.39 Å². The summed E-state index contributed by atoms with van der Waals surface area (Å²) in [5.74, 6) is -0.856. The highest BCUT2D eigenvalue weighted by Crippen LogP contribution is 2.27. The normalized spacial score (nSPS) is 11.8. The van der Waals surface area contributed by atoms with Crippen LogP contribution >= 0.6 is 0 Å². The minimum atomic E-state index is -0.690. The van der Waals surface area contributed by atoms with E-state index in [0.717, 1.165) is 17.2 Å². The minimum absolute atomic E-state index is 0.0186. The third-order valence-electron chi connectivity index (χ3n) is 3.84. The number of hydrogen-bond donors (Lipinski definition) is 2. The molecule has 0 aliphatic carbocycles. The van der Waals surface area contributed by atoms with Crippen LogP contribution in [0.25, 0.3) is 0 Å². The second-order valence-electron chi connectivity index (χ2n) is 5.57. The van der Waals surface area contributed by atoms with Crippen molar-refractivity contribution in [1.82, 2.24) is 0 Å². The highest BCUT2D eigenvalue weighted by molar-refractivity contribution is 5.92. The largest absolute Gasteiger partial charge is 0.454 e. The molecule has 3 rings (SSSR count). The lowest BCUT2D eigenvalue weighted by Crippen LogP contribution is -2.11. The van der Waals surface area contributed by atoms with E-state index in [9.17, 15) is 9.18 Å². The number of halogens is 1. The Hall–Kier alpha value is -3.18. The zero-order chi connectivity index (χ0) is 17.8. The standard InChI is InChI=1S/C20H17FN2O2/c21-17-12-15(20(23)24)8-11-18(17)25-16-9-6-14(7-10-16)19(22)13-4-2-1-3-5-13/h1-12,19H,22H2,(H2,23,24). The van der Waals surface area contributed by atoms with Gasteiger partial charge >= 0.3 is 0 Å². The minimum Gasteiger partial charge on any atom is -0.454 e. The predicted molar refractivity (Wildman–Crippen MR) is 93.9 cm³/mol. The first-order valence-electron chi connectivity index (χ1n) is 7.72. The molecule has 4 nitrogen and oxygen atoms in total. The molecule has 0 radical (unpaired) electrons. The molecule has 126 valence electrons. The van der Waals surface area contributed by atoms with Gasteiger partial charge in [0, 0.05) is 5.56 Å². The van der Waals surface area contributed by atoms with Crippen molar-refractivity contribution in [3.8, 4) is 11.5 Å². The molecule has 3 aromatic carbocycles. The number of benzene rings is 3. The van der Waals surface area contributed by atoms with Gasteiger partial charge in [-0.2, -0.15) is 0 Å². The first-order valence-corrected chi connectivity index (χ1v) is 7.72. The molecular formula is C20H17FN2O2. The molecule has 0 spiro atoms. The Morgan fingerprint density at radius 1 is 0.920 bits per heavy atom. The fourth-order valence-corrected chi connectivity index (χ4v) is 2.46.